The fraction of sp³-hybridized carbons (Fsp3) is 0.640. The Bertz CT molecular complexity index is 1310. The summed E-state index contributed by atoms with van der Waals surface area (Å²) in [6.45, 7) is 7.88. The van der Waals surface area contributed by atoms with E-state index in [1.54, 1.807) is 11.3 Å². The third-order valence-electron chi connectivity index (χ3n) is 6.84. The third-order valence-corrected chi connectivity index (χ3v) is 7.93. The number of fused-ring (bicyclic) bond motifs is 2. The summed E-state index contributed by atoms with van der Waals surface area (Å²) in [5.41, 5.74) is 0. The van der Waals surface area contributed by atoms with Crippen LogP contribution in [0.2, 0.25) is 0 Å². The molecule has 2 aliphatic rings. The predicted molar refractivity (Wildman–Crippen MR) is 138 cm³/mol. The van der Waals surface area contributed by atoms with Crippen molar-refractivity contribution < 1.29 is 22.7 Å². The molecule has 3 aromatic heterocycles. The van der Waals surface area contributed by atoms with Gasteiger partial charge in [-0.3, -0.25) is 4.79 Å². The average Bonchev–Trinajstić information content (AvgIpc) is 3.46. The Morgan fingerprint density at radius 3 is 2.74 bits per heavy atom. The number of hydrogen-bond acceptors (Lipinski definition) is 9. The van der Waals surface area contributed by atoms with Crippen LogP contribution in [0.3, 0.4) is 0 Å². The topological polar surface area (TPSA) is 89.3 Å². The van der Waals surface area contributed by atoms with E-state index >= 15 is 0 Å². The molecule has 9 nitrogen and oxygen atoms in total. The summed E-state index contributed by atoms with van der Waals surface area (Å²) >= 11 is 1.63. The number of aryl methyl sites for hydroxylation is 1. The number of carbonyl (C=O) groups excluding carboxylic acids is 1. The van der Waals surface area contributed by atoms with Crippen molar-refractivity contribution in [2.45, 2.75) is 78.2 Å². The molecule has 5 rings (SSSR count). The molecule has 0 saturated carbocycles. The van der Waals surface area contributed by atoms with Crippen molar-refractivity contribution in [3.8, 4) is 0 Å². The summed E-state index contributed by atoms with van der Waals surface area (Å²) in [5.74, 6) is 0.544. The summed E-state index contributed by atoms with van der Waals surface area (Å²) < 4.78 is 46.6. The molecule has 0 spiro atoms. The molecule has 5 heterocycles. The second kappa shape index (κ2) is 10.7. The fourth-order valence-corrected chi connectivity index (χ4v) is 6.32. The molecule has 13 heteroatoms. The van der Waals surface area contributed by atoms with Crippen molar-refractivity contribution in [3.63, 3.8) is 0 Å². The van der Waals surface area contributed by atoms with Crippen molar-refractivity contribution in [1.29, 1.82) is 0 Å². The van der Waals surface area contributed by atoms with Gasteiger partial charge in [-0.15, -0.1) is 21.5 Å². The van der Waals surface area contributed by atoms with Gasteiger partial charge < -0.3 is 19.1 Å². The molecule has 0 N–H and O–H groups in total. The van der Waals surface area contributed by atoms with Gasteiger partial charge in [-0.25, -0.2) is 4.98 Å². The number of halogens is 3. The Kier molecular flexibility index (Phi) is 7.47. The van der Waals surface area contributed by atoms with Crippen LogP contribution in [0.5, 0.6) is 0 Å². The lowest BCUT2D eigenvalue weighted by atomic mass is 9.95. The lowest BCUT2D eigenvalue weighted by Crippen LogP contribution is -2.39. The number of ether oxygens (including phenoxy) is 1. The summed E-state index contributed by atoms with van der Waals surface area (Å²) in [6, 6.07) is 2.10. The van der Waals surface area contributed by atoms with E-state index in [-0.39, 0.29) is 36.9 Å². The molecule has 0 radical (unpaired) electrons. The molecule has 2 aliphatic heterocycles. The molecular formula is C25H32F3N7O2S. The first-order valence-electron chi connectivity index (χ1n) is 13.1. The van der Waals surface area contributed by atoms with Gasteiger partial charge in [0.2, 0.25) is 11.8 Å². The maximum atomic E-state index is 13.4. The van der Waals surface area contributed by atoms with Gasteiger partial charge in [0.05, 0.1) is 24.5 Å². The Morgan fingerprint density at radius 2 is 2.00 bits per heavy atom. The minimum Gasteiger partial charge on any atom is -0.463 e. The van der Waals surface area contributed by atoms with E-state index in [2.05, 4.69) is 28.1 Å². The first-order valence-corrected chi connectivity index (χ1v) is 13.9. The van der Waals surface area contributed by atoms with Crippen molar-refractivity contribution >= 4 is 39.3 Å². The van der Waals surface area contributed by atoms with Gasteiger partial charge in [-0.05, 0) is 45.1 Å². The normalized spacial score (nSPS) is 18.3. The fourth-order valence-electron chi connectivity index (χ4n) is 5.21. The summed E-state index contributed by atoms with van der Waals surface area (Å²) in [7, 11) is 0. The number of aromatic nitrogens is 5. The van der Waals surface area contributed by atoms with E-state index in [1.807, 2.05) is 18.7 Å². The van der Waals surface area contributed by atoms with Crippen molar-refractivity contribution in [2.24, 2.45) is 5.92 Å². The van der Waals surface area contributed by atoms with Crippen LogP contribution in [-0.2, 0) is 35.2 Å². The number of carbonyl (C=O) groups is 1. The van der Waals surface area contributed by atoms with E-state index in [0.29, 0.717) is 31.3 Å². The van der Waals surface area contributed by atoms with Crippen molar-refractivity contribution in [1.82, 2.24) is 24.7 Å². The molecule has 1 fully saturated rings. The number of anilines is 2. The maximum Gasteiger partial charge on any atom is 0.451 e. The van der Waals surface area contributed by atoms with E-state index in [4.69, 9.17) is 14.7 Å². The van der Waals surface area contributed by atoms with Gasteiger partial charge in [0.25, 0.3) is 0 Å². The van der Waals surface area contributed by atoms with Crippen molar-refractivity contribution in [2.75, 3.05) is 29.4 Å². The van der Waals surface area contributed by atoms with Crippen molar-refractivity contribution in [3.05, 3.63) is 22.6 Å². The predicted octanol–water partition coefficient (Wildman–Crippen LogP) is 4.83. The molecule has 1 atom stereocenters. The first-order chi connectivity index (χ1) is 18.1. The smallest absolute Gasteiger partial charge is 0.451 e. The van der Waals surface area contributed by atoms with E-state index in [9.17, 15) is 18.0 Å². The zero-order chi connectivity index (χ0) is 27.0. The molecule has 0 aromatic carbocycles. The van der Waals surface area contributed by atoms with E-state index in [1.165, 1.54) is 4.88 Å². The number of alkyl halides is 3. The Morgan fingerprint density at radius 1 is 1.18 bits per heavy atom. The number of rotatable bonds is 7. The van der Waals surface area contributed by atoms with Crippen LogP contribution < -0.4 is 9.80 Å². The number of nitrogens with zero attached hydrogens (tertiary/aromatic N) is 7. The van der Waals surface area contributed by atoms with Gasteiger partial charge in [-0.2, -0.15) is 18.2 Å². The Hall–Kier alpha value is -2.96. The number of thiophene rings is 1. The highest BCUT2D eigenvalue weighted by atomic mass is 32.1. The second-order valence-corrected chi connectivity index (χ2v) is 11.4. The summed E-state index contributed by atoms with van der Waals surface area (Å²) in [5, 5.41) is 8.16. The number of hydrogen-bond donors (Lipinski definition) is 0. The Balaban J connectivity index is 1.44. The van der Waals surface area contributed by atoms with Crippen LogP contribution in [0.4, 0.5) is 24.9 Å². The van der Waals surface area contributed by atoms with Gasteiger partial charge >= 0.3 is 12.1 Å². The molecular weight excluding hydrogens is 519 g/mol. The van der Waals surface area contributed by atoms with E-state index < -0.39 is 12.0 Å². The molecule has 38 heavy (non-hydrogen) atoms. The standard InChI is InChI=1S/C25H32F3N7O2S/c1-4-6-17-12-18-21(33-9-10-35-19(14-33)31-32-23(35)25(26,27)28)29-24(30-22(18)38-17)34-8-5-7-16(13-34)11-20(36)37-15(2)3/h12,15-16H,4-11,13-14H2,1-3H3. The molecule has 0 amide bonds. The average molecular weight is 552 g/mol. The SMILES string of the molecule is CCCc1cc2c(N3CCn4c(nnc4C(F)(F)F)C3)nc(N3CCCC(CC(=O)OC(C)C)C3)nc2s1. The highest BCUT2D eigenvalue weighted by molar-refractivity contribution is 7.18. The highest BCUT2D eigenvalue weighted by Gasteiger charge is 2.40. The van der Waals surface area contributed by atoms with Crippen LogP contribution >= 0.6 is 11.3 Å². The molecule has 3 aromatic rings. The largest absolute Gasteiger partial charge is 0.463 e. The number of esters is 1. The van der Waals surface area contributed by atoms with Crippen LogP contribution in [0.1, 0.15) is 63.0 Å². The van der Waals surface area contributed by atoms with Crippen LogP contribution in [-0.4, -0.2) is 56.4 Å². The van der Waals surface area contributed by atoms with Gasteiger partial charge in [0.15, 0.2) is 5.82 Å². The second-order valence-electron chi connectivity index (χ2n) is 10.2. The number of piperidine rings is 1. The van der Waals surface area contributed by atoms with Crippen LogP contribution in [0.25, 0.3) is 10.2 Å². The summed E-state index contributed by atoms with van der Waals surface area (Å²) in [4.78, 5) is 28.3. The maximum absolute atomic E-state index is 13.4. The molecule has 0 bridgehead atoms. The quantitative estimate of drug-likeness (QED) is 0.386. The lowest BCUT2D eigenvalue weighted by Gasteiger charge is -2.34. The Labute approximate surface area is 223 Å². The highest BCUT2D eigenvalue weighted by Crippen LogP contribution is 2.37. The lowest BCUT2D eigenvalue weighted by molar-refractivity contribution is -0.149. The van der Waals surface area contributed by atoms with E-state index in [0.717, 1.165) is 47.0 Å². The monoisotopic (exact) mass is 551 g/mol. The van der Waals surface area contributed by atoms with Gasteiger partial charge in [0.1, 0.15) is 10.6 Å². The van der Waals surface area contributed by atoms with Gasteiger partial charge in [0, 0.05) is 31.1 Å². The first kappa shape index (κ1) is 26.6. The zero-order valence-electron chi connectivity index (χ0n) is 21.8. The zero-order valence-corrected chi connectivity index (χ0v) is 22.6. The van der Waals surface area contributed by atoms with Crippen LogP contribution in [0.15, 0.2) is 6.07 Å². The minimum absolute atomic E-state index is 0.119. The minimum atomic E-state index is -4.54. The molecule has 1 saturated heterocycles. The summed E-state index contributed by atoms with van der Waals surface area (Å²) in [6.07, 6.45) is -0.575. The molecule has 206 valence electrons. The third kappa shape index (κ3) is 5.57. The molecule has 0 aliphatic carbocycles. The van der Waals surface area contributed by atoms with Crippen LogP contribution in [0, 0.1) is 5.92 Å². The molecule has 1 unspecified atom stereocenters. The van der Waals surface area contributed by atoms with Gasteiger partial charge in [-0.1, -0.05) is 13.3 Å².